The quantitative estimate of drug-likeness (QED) is 0.690. The van der Waals surface area contributed by atoms with Crippen LogP contribution in [0.15, 0.2) is 22.7 Å². The van der Waals surface area contributed by atoms with E-state index in [2.05, 4.69) is 15.9 Å². The number of halogens is 1. The Kier molecular flexibility index (Phi) is 5.13. The molecule has 0 spiro atoms. The standard InChI is InChI=1S/C18H20BrN3O4/c1-11(2)16(24)21-7-5-20(6-8-21)15(23)10-22-17(25)13-4-3-12(19)9-14(13)18(22)26/h3-4,9,11H,5-8,10H2,1-2H3. The smallest absolute Gasteiger partial charge is 0.262 e. The number of hydrogen-bond donors (Lipinski definition) is 0. The molecule has 2 heterocycles. The molecule has 0 N–H and O–H groups in total. The second-order valence-corrected chi connectivity index (χ2v) is 7.66. The Hall–Kier alpha value is -2.22. The van der Waals surface area contributed by atoms with Gasteiger partial charge in [-0.15, -0.1) is 0 Å². The normalized spacial score (nSPS) is 17.2. The molecule has 0 aliphatic carbocycles. The molecule has 1 aromatic carbocycles. The van der Waals surface area contributed by atoms with Crippen LogP contribution in [-0.4, -0.2) is 71.1 Å². The van der Waals surface area contributed by atoms with Gasteiger partial charge in [-0.2, -0.15) is 0 Å². The van der Waals surface area contributed by atoms with E-state index in [0.29, 0.717) is 41.8 Å². The molecule has 1 fully saturated rings. The van der Waals surface area contributed by atoms with E-state index in [9.17, 15) is 19.2 Å². The number of carbonyl (C=O) groups excluding carboxylic acids is 4. The lowest BCUT2D eigenvalue weighted by Gasteiger charge is -2.36. The molecule has 3 rings (SSSR count). The molecule has 4 amide bonds. The number of imide groups is 1. The highest BCUT2D eigenvalue weighted by atomic mass is 79.9. The summed E-state index contributed by atoms with van der Waals surface area (Å²) in [5.41, 5.74) is 0.628. The summed E-state index contributed by atoms with van der Waals surface area (Å²) in [6.07, 6.45) is 0. The van der Waals surface area contributed by atoms with Crippen molar-refractivity contribution in [2.75, 3.05) is 32.7 Å². The number of hydrogen-bond acceptors (Lipinski definition) is 4. The maximum absolute atomic E-state index is 12.5. The highest BCUT2D eigenvalue weighted by Gasteiger charge is 2.38. The fourth-order valence-electron chi connectivity index (χ4n) is 3.18. The Labute approximate surface area is 160 Å². The highest BCUT2D eigenvalue weighted by molar-refractivity contribution is 9.10. The lowest BCUT2D eigenvalue weighted by Crippen LogP contribution is -2.53. The topological polar surface area (TPSA) is 78.0 Å². The van der Waals surface area contributed by atoms with Crippen molar-refractivity contribution in [1.29, 1.82) is 0 Å². The van der Waals surface area contributed by atoms with Crippen molar-refractivity contribution in [3.8, 4) is 0 Å². The van der Waals surface area contributed by atoms with E-state index in [4.69, 9.17) is 0 Å². The summed E-state index contributed by atoms with van der Waals surface area (Å²) < 4.78 is 0.705. The van der Waals surface area contributed by atoms with Crippen molar-refractivity contribution < 1.29 is 19.2 Å². The van der Waals surface area contributed by atoms with E-state index in [1.54, 1.807) is 28.0 Å². The Morgan fingerprint density at radius 2 is 1.58 bits per heavy atom. The summed E-state index contributed by atoms with van der Waals surface area (Å²) >= 11 is 3.28. The van der Waals surface area contributed by atoms with Gasteiger partial charge in [0.25, 0.3) is 11.8 Å². The number of benzene rings is 1. The molecule has 0 atom stereocenters. The van der Waals surface area contributed by atoms with Gasteiger partial charge >= 0.3 is 0 Å². The molecule has 0 saturated carbocycles. The largest absolute Gasteiger partial charge is 0.339 e. The van der Waals surface area contributed by atoms with Crippen molar-refractivity contribution in [2.45, 2.75) is 13.8 Å². The van der Waals surface area contributed by atoms with E-state index >= 15 is 0 Å². The molecular formula is C18H20BrN3O4. The number of carbonyl (C=O) groups is 4. The van der Waals surface area contributed by atoms with Crippen LogP contribution < -0.4 is 0 Å². The third-order valence-corrected chi connectivity index (χ3v) is 5.16. The third-order valence-electron chi connectivity index (χ3n) is 4.66. The Morgan fingerprint density at radius 3 is 2.19 bits per heavy atom. The molecule has 0 bridgehead atoms. The van der Waals surface area contributed by atoms with E-state index in [1.807, 2.05) is 13.8 Å². The van der Waals surface area contributed by atoms with Crippen LogP contribution in [0.4, 0.5) is 0 Å². The second kappa shape index (κ2) is 7.19. The minimum absolute atomic E-state index is 0.0722. The lowest BCUT2D eigenvalue weighted by molar-refractivity contribution is -0.141. The van der Waals surface area contributed by atoms with Crippen molar-refractivity contribution in [3.05, 3.63) is 33.8 Å². The second-order valence-electron chi connectivity index (χ2n) is 6.75. The number of nitrogens with zero attached hydrogens (tertiary/aromatic N) is 3. The van der Waals surface area contributed by atoms with Crippen LogP contribution in [-0.2, 0) is 9.59 Å². The number of fused-ring (bicyclic) bond motifs is 1. The van der Waals surface area contributed by atoms with E-state index in [0.717, 1.165) is 4.90 Å². The van der Waals surface area contributed by atoms with Gasteiger partial charge in [-0.25, -0.2) is 0 Å². The molecule has 138 valence electrons. The Balaban J connectivity index is 1.62. The van der Waals surface area contributed by atoms with Gasteiger partial charge in [-0.3, -0.25) is 24.1 Å². The molecule has 0 radical (unpaired) electrons. The SMILES string of the molecule is CC(C)C(=O)N1CCN(C(=O)CN2C(=O)c3ccc(Br)cc3C2=O)CC1. The monoisotopic (exact) mass is 421 g/mol. The molecule has 0 unspecified atom stereocenters. The van der Waals surface area contributed by atoms with Gasteiger partial charge in [0, 0.05) is 36.6 Å². The maximum Gasteiger partial charge on any atom is 0.262 e. The van der Waals surface area contributed by atoms with Crippen molar-refractivity contribution >= 4 is 39.6 Å². The highest BCUT2D eigenvalue weighted by Crippen LogP contribution is 2.26. The van der Waals surface area contributed by atoms with Crippen LogP contribution in [0.1, 0.15) is 34.6 Å². The molecular weight excluding hydrogens is 402 g/mol. The summed E-state index contributed by atoms with van der Waals surface area (Å²) in [4.78, 5) is 53.8. The Morgan fingerprint density at radius 1 is 1.00 bits per heavy atom. The summed E-state index contributed by atoms with van der Waals surface area (Å²) in [7, 11) is 0. The van der Waals surface area contributed by atoms with Crippen LogP contribution in [0, 0.1) is 5.92 Å². The summed E-state index contributed by atoms with van der Waals surface area (Å²) in [5, 5.41) is 0. The lowest BCUT2D eigenvalue weighted by atomic mass is 10.1. The van der Waals surface area contributed by atoms with E-state index in [1.165, 1.54) is 0 Å². The summed E-state index contributed by atoms with van der Waals surface area (Å²) in [5.74, 6) is -1.18. The van der Waals surface area contributed by atoms with Crippen LogP contribution >= 0.6 is 15.9 Å². The molecule has 0 aromatic heterocycles. The molecule has 1 saturated heterocycles. The number of piperazine rings is 1. The van der Waals surface area contributed by atoms with Gasteiger partial charge in [0.1, 0.15) is 6.54 Å². The molecule has 2 aliphatic rings. The minimum atomic E-state index is -0.451. The molecule has 1 aromatic rings. The fraction of sp³-hybridized carbons (Fsp3) is 0.444. The maximum atomic E-state index is 12.5. The van der Waals surface area contributed by atoms with Gasteiger partial charge in [0.15, 0.2) is 0 Å². The third kappa shape index (κ3) is 3.38. The molecule has 8 heteroatoms. The van der Waals surface area contributed by atoms with Crippen molar-refractivity contribution in [3.63, 3.8) is 0 Å². The summed E-state index contributed by atoms with van der Waals surface area (Å²) in [6.45, 7) is 5.18. The van der Waals surface area contributed by atoms with Crippen LogP contribution in [0.2, 0.25) is 0 Å². The van der Waals surface area contributed by atoms with E-state index < -0.39 is 11.8 Å². The van der Waals surface area contributed by atoms with Crippen molar-refractivity contribution in [1.82, 2.24) is 14.7 Å². The van der Waals surface area contributed by atoms with E-state index in [-0.39, 0.29) is 24.3 Å². The first-order chi connectivity index (χ1) is 12.3. The Bertz CT molecular complexity index is 785. The zero-order valence-electron chi connectivity index (χ0n) is 14.7. The van der Waals surface area contributed by atoms with Crippen LogP contribution in [0.3, 0.4) is 0 Å². The first kappa shape index (κ1) is 18.6. The fourth-order valence-corrected chi connectivity index (χ4v) is 3.54. The first-order valence-electron chi connectivity index (χ1n) is 8.52. The minimum Gasteiger partial charge on any atom is -0.339 e. The van der Waals surface area contributed by atoms with Gasteiger partial charge < -0.3 is 9.80 Å². The predicted molar refractivity (Wildman–Crippen MR) is 97.5 cm³/mol. The van der Waals surface area contributed by atoms with Gasteiger partial charge in [0.2, 0.25) is 11.8 Å². The molecule has 26 heavy (non-hydrogen) atoms. The average Bonchev–Trinajstić information content (AvgIpc) is 2.85. The average molecular weight is 422 g/mol. The van der Waals surface area contributed by atoms with Gasteiger partial charge in [-0.1, -0.05) is 29.8 Å². The molecule has 2 aliphatic heterocycles. The zero-order chi connectivity index (χ0) is 19.0. The number of amides is 4. The molecule has 7 nitrogen and oxygen atoms in total. The predicted octanol–water partition coefficient (Wildman–Crippen LogP) is 1.37. The van der Waals surface area contributed by atoms with Crippen LogP contribution in [0.5, 0.6) is 0 Å². The van der Waals surface area contributed by atoms with Crippen molar-refractivity contribution in [2.24, 2.45) is 5.92 Å². The first-order valence-corrected chi connectivity index (χ1v) is 9.31. The van der Waals surface area contributed by atoms with Gasteiger partial charge in [-0.05, 0) is 18.2 Å². The zero-order valence-corrected chi connectivity index (χ0v) is 16.3. The van der Waals surface area contributed by atoms with Gasteiger partial charge in [0.05, 0.1) is 11.1 Å². The number of rotatable bonds is 3. The van der Waals surface area contributed by atoms with Crippen LogP contribution in [0.25, 0.3) is 0 Å². The summed E-state index contributed by atoms with van der Waals surface area (Å²) in [6, 6.07) is 4.87.